The molecule has 24 heavy (non-hydrogen) atoms. The minimum atomic E-state index is -0.870. The third-order valence-corrected chi connectivity index (χ3v) is 2.06. The standard InChI is InChI=1S/2C6H10O4.2C2H4/c2*7-5(8)3-1-2-4-6(9)10;2*1-2/h2*1-4H2,(H,7,8)(H,9,10);2*1-2H2. The summed E-state index contributed by atoms with van der Waals surface area (Å²) < 4.78 is 0. The fraction of sp³-hybridized carbons (Fsp3) is 0.500. The van der Waals surface area contributed by atoms with E-state index < -0.39 is 23.9 Å². The summed E-state index contributed by atoms with van der Waals surface area (Å²) in [6.07, 6.45) is 2.04. The van der Waals surface area contributed by atoms with Crippen molar-refractivity contribution in [3.63, 3.8) is 0 Å². The molecular formula is C16H28O8. The van der Waals surface area contributed by atoms with Gasteiger partial charge in [0.15, 0.2) is 0 Å². The summed E-state index contributed by atoms with van der Waals surface area (Å²) in [4.78, 5) is 39.6. The molecule has 0 saturated heterocycles. The number of hydrogen-bond donors (Lipinski definition) is 4. The van der Waals surface area contributed by atoms with Crippen molar-refractivity contribution < 1.29 is 39.6 Å². The predicted molar refractivity (Wildman–Crippen MR) is 90.0 cm³/mol. The molecule has 0 fully saturated rings. The van der Waals surface area contributed by atoms with Gasteiger partial charge >= 0.3 is 23.9 Å². The quantitative estimate of drug-likeness (QED) is 0.347. The summed E-state index contributed by atoms with van der Waals surface area (Å²) in [6, 6.07) is 0. The summed E-state index contributed by atoms with van der Waals surface area (Å²) in [6.45, 7) is 12.0. The third kappa shape index (κ3) is 50.6. The molecule has 0 aromatic rings. The maximum Gasteiger partial charge on any atom is 0.303 e. The molecule has 0 amide bonds. The largest absolute Gasteiger partial charge is 0.481 e. The number of carbonyl (C=O) groups is 4. The number of unbranched alkanes of at least 4 members (excludes halogenated alkanes) is 2. The Labute approximate surface area is 142 Å². The molecule has 0 aromatic heterocycles. The average Bonchev–Trinajstić information content (AvgIpc) is 2.52. The van der Waals surface area contributed by atoms with Crippen molar-refractivity contribution in [2.24, 2.45) is 0 Å². The highest BCUT2D eigenvalue weighted by Crippen LogP contribution is 1.99. The molecule has 0 rings (SSSR count). The van der Waals surface area contributed by atoms with Gasteiger partial charge < -0.3 is 20.4 Å². The molecule has 0 saturated carbocycles. The first-order valence-electron chi connectivity index (χ1n) is 7.13. The predicted octanol–water partition coefficient (Wildman–Crippen LogP) is 3.04. The van der Waals surface area contributed by atoms with Crippen molar-refractivity contribution in [2.75, 3.05) is 0 Å². The Hall–Kier alpha value is -2.64. The van der Waals surface area contributed by atoms with E-state index in [0.29, 0.717) is 25.7 Å². The van der Waals surface area contributed by atoms with Gasteiger partial charge in [0.2, 0.25) is 0 Å². The van der Waals surface area contributed by atoms with Crippen LogP contribution in [-0.2, 0) is 19.2 Å². The highest BCUT2D eigenvalue weighted by molar-refractivity contribution is 5.68. The highest BCUT2D eigenvalue weighted by atomic mass is 16.4. The number of hydrogen-bond acceptors (Lipinski definition) is 4. The Morgan fingerprint density at radius 3 is 0.667 bits per heavy atom. The number of aliphatic carboxylic acids is 4. The fourth-order valence-electron chi connectivity index (χ4n) is 1.10. The molecular weight excluding hydrogens is 320 g/mol. The van der Waals surface area contributed by atoms with Crippen molar-refractivity contribution in [3.8, 4) is 0 Å². The molecule has 0 aliphatic carbocycles. The Kier molecular flexibility index (Phi) is 31.0. The normalized spacial score (nSPS) is 8.00. The highest BCUT2D eigenvalue weighted by Gasteiger charge is 1.99. The second-order valence-electron chi connectivity index (χ2n) is 3.99. The number of carboxylic acid groups (broad SMARTS) is 4. The fourth-order valence-corrected chi connectivity index (χ4v) is 1.10. The first-order valence-corrected chi connectivity index (χ1v) is 7.13. The Bertz CT molecular complexity index is 286. The molecule has 0 heterocycles. The van der Waals surface area contributed by atoms with Crippen molar-refractivity contribution >= 4 is 23.9 Å². The molecule has 0 unspecified atom stereocenters. The zero-order chi connectivity index (χ0) is 20.0. The van der Waals surface area contributed by atoms with E-state index in [2.05, 4.69) is 26.3 Å². The lowest BCUT2D eigenvalue weighted by molar-refractivity contribution is -0.139. The van der Waals surface area contributed by atoms with Crippen LogP contribution in [0.15, 0.2) is 26.3 Å². The summed E-state index contributed by atoms with van der Waals surface area (Å²) in [5, 5.41) is 32.5. The van der Waals surface area contributed by atoms with Crippen molar-refractivity contribution in [1.29, 1.82) is 0 Å². The minimum Gasteiger partial charge on any atom is -0.481 e. The first-order chi connectivity index (χ1) is 11.3. The van der Waals surface area contributed by atoms with Gasteiger partial charge in [-0.25, -0.2) is 0 Å². The Balaban J connectivity index is -0.000000138. The molecule has 0 spiro atoms. The van der Waals surface area contributed by atoms with Gasteiger partial charge in [0.05, 0.1) is 0 Å². The maximum atomic E-state index is 9.90. The van der Waals surface area contributed by atoms with Crippen LogP contribution in [0.3, 0.4) is 0 Å². The van der Waals surface area contributed by atoms with E-state index in [1.807, 2.05) is 0 Å². The van der Waals surface area contributed by atoms with Crippen molar-refractivity contribution in [1.82, 2.24) is 0 Å². The Morgan fingerprint density at radius 1 is 0.458 bits per heavy atom. The van der Waals surface area contributed by atoms with E-state index >= 15 is 0 Å². The van der Waals surface area contributed by atoms with E-state index in [1.54, 1.807) is 0 Å². The zero-order valence-electron chi connectivity index (χ0n) is 13.9. The maximum absolute atomic E-state index is 9.90. The van der Waals surface area contributed by atoms with E-state index in [0.717, 1.165) is 0 Å². The van der Waals surface area contributed by atoms with Crippen LogP contribution in [0.4, 0.5) is 0 Å². The second kappa shape index (κ2) is 25.3. The molecule has 4 N–H and O–H groups in total. The molecule has 0 radical (unpaired) electrons. The molecule has 140 valence electrons. The molecule has 0 aromatic carbocycles. The van der Waals surface area contributed by atoms with Crippen LogP contribution in [0.2, 0.25) is 0 Å². The van der Waals surface area contributed by atoms with Crippen molar-refractivity contribution in [2.45, 2.75) is 51.4 Å². The van der Waals surface area contributed by atoms with Crippen LogP contribution < -0.4 is 0 Å². The summed E-state index contributed by atoms with van der Waals surface area (Å²) in [7, 11) is 0. The van der Waals surface area contributed by atoms with E-state index in [-0.39, 0.29) is 25.7 Å². The van der Waals surface area contributed by atoms with Crippen molar-refractivity contribution in [3.05, 3.63) is 26.3 Å². The van der Waals surface area contributed by atoms with Crippen LogP contribution in [-0.4, -0.2) is 44.3 Å². The van der Waals surface area contributed by atoms with Gasteiger partial charge in [-0.05, 0) is 25.7 Å². The molecule has 0 atom stereocenters. The monoisotopic (exact) mass is 348 g/mol. The van der Waals surface area contributed by atoms with Gasteiger partial charge in [0.1, 0.15) is 0 Å². The van der Waals surface area contributed by atoms with Gasteiger partial charge in [-0.3, -0.25) is 19.2 Å². The van der Waals surface area contributed by atoms with Crippen LogP contribution >= 0.6 is 0 Å². The molecule has 0 bridgehead atoms. The lowest BCUT2D eigenvalue weighted by Gasteiger charge is -1.92. The van der Waals surface area contributed by atoms with Crippen LogP contribution in [0, 0.1) is 0 Å². The van der Waals surface area contributed by atoms with Gasteiger partial charge in [-0.2, -0.15) is 0 Å². The molecule has 8 heteroatoms. The lowest BCUT2D eigenvalue weighted by atomic mass is 10.2. The SMILES string of the molecule is C=C.C=C.O=C(O)CCCCC(=O)O.O=C(O)CCCCC(=O)O. The zero-order valence-corrected chi connectivity index (χ0v) is 13.9. The average molecular weight is 348 g/mol. The summed E-state index contributed by atoms with van der Waals surface area (Å²) in [5.74, 6) is -3.48. The molecule has 0 aliphatic rings. The van der Waals surface area contributed by atoms with Crippen LogP contribution in [0.5, 0.6) is 0 Å². The van der Waals surface area contributed by atoms with E-state index in [1.165, 1.54) is 0 Å². The third-order valence-electron chi connectivity index (χ3n) is 2.06. The Morgan fingerprint density at radius 2 is 0.583 bits per heavy atom. The van der Waals surface area contributed by atoms with Gasteiger partial charge in [0.25, 0.3) is 0 Å². The smallest absolute Gasteiger partial charge is 0.303 e. The second-order valence-corrected chi connectivity index (χ2v) is 3.99. The number of carboxylic acids is 4. The minimum absolute atomic E-state index is 0.0628. The summed E-state index contributed by atoms with van der Waals surface area (Å²) in [5.41, 5.74) is 0. The topological polar surface area (TPSA) is 149 Å². The van der Waals surface area contributed by atoms with E-state index in [9.17, 15) is 19.2 Å². The first kappa shape index (κ1) is 29.4. The number of rotatable bonds is 10. The van der Waals surface area contributed by atoms with E-state index in [4.69, 9.17) is 20.4 Å². The summed E-state index contributed by atoms with van der Waals surface area (Å²) >= 11 is 0. The molecule has 0 aliphatic heterocycles. The van der Waals surface area contributed by atoms with Gasteiger partial charge in [-0.15, -0.1) is 26.3 Å². The van der Waals surface area contributed by atoms with Gasteiger partial charge in [0, 0.05) is 25.7 Å². The molecule has 8 nitrogen and oxygen atoms in total. The van der Waals surface area contributed by atoms with Gasteiger partial charge in [-0.1, -0.05) is 0 Å². The van der Waals surface area contributed by atoms with Crippen LogP contribution in [0.1, 0.15) is 51.4 Å². The lowest BCUT2D eigenvalue weighted by Crippen LogP contribution is -1.97. The van der Waals surface area contributed by atoms with Crippen LogP contribution in [0.25, 0.3) is 0 Å².